The van der Waals surface area contributed by atoms with Crippen LogP contribution in [0.3, 0.4) is 0 Å². The van der Waals surface area contributed by atoms with E-state index in [1.807, 2.05) is 0 Å². The van der Waals surface area contributed by atoms with E-state index in [-0.39, 0.29) is 5.03 Å². The molecule has 0 saturated heterocycles. The zero-order valence-corrected chi connectivity index (χ0v) is 5.60. The van der Waals surface area contributed by atoms with Gasteiger partial charge in [0.15, 0.2) is 0 Å². The summed E-state index contributed by atoms with van der Waals surface area (Å²) in [5.41, 5.74) is 0. The second-order valence-electron chi connectivity index (χ2n) is 1.18. The van der Waals surface area contributed by atoms with Gasteiger partial charge in [0.25, 0.3) is 6.43 Å². The summed E-state index contributed by atoms with van der Waals surface area (Å²) in [4.78, 5) is 0. The second kappa shape index (κ2) is 3.25. The molecule has 0 aromatic rings. The summed E-state index contributed by atoms with van der Waals surface area (Å²) in [6, 6.07) is 0. The first-order chi connectivity index (χ1) is 3.55. The van der Waals surface area contributed by atoms with Crippen LogP contribution in [0.4, 0.5) is 8.78 Å². The van der Waals surface area contributed by atoms with Crippen molar-refractivity contribution in [2.75, 3.05) is 0 Å². The average molecular weight is 161 g/mol. The van der Waals surface area contributed by atoms with Crippen LogP contribution in [-0.4, -0.2) is 6.43 Å². The molecule has 0 unspecified atom stereocenters. The van der Waals surface area contributed by atoms with Crippen LogP contribution in [0.15, 0.2) is 10.1 Å². The van der Waals surface area contributed by atoms with Crippen LogP contribution in [-0.2, 0) is 0 Å². The number of alkyl halides is 2. The highest BCUT2D eigenvalue weighted by Gasteiger charge is 2.09. The lowest BCUT2D eigenvalue weighted by Crippen LogP contribution is -1.89. The summed E-state index contributed by atoms with van der Waals surface area (Å²) >= 11 is 10.0. The van der Waals surface area contributed by atoms with Crippen LogP contribution in [0, 0.1) is 0 Å². The van der Waals surface area contributed by atoms with Gasteiger partial charge in [0.05, 0.1) is 5.03 Å². The van der Waals surface area contributed by atoms with Crippen LogP contribution < -0.4 is 0 Å². The molecule has 4 heteroatoms. The number of allylic oxidation sites excluding steroid dienone is 2. The summed E-state index contributed by atoms with van der Waals surface area (Å²) in [5.74, 6) is 0. The van der Waals surface area contributed by atoms with E-state index in [0.29, 0.717) is 0 Å². The zero-order chi connectivity index (χ0) is 6.73. The van der Waals surface area contributed by atoms with Crippen molar-refractivity contribution in [3.8, 4) is 0 Å². The van der Waals surface area contributed by atoms with Gasteiger partial charge in [-0.15, -0.1) is 0 Å². The molecule has 8 heavy (non-hydrogen) atoms. The quantitative estimate of drug-likeness (QED) is 0.554. The Bertz CT molecular complexity index is 105. The van der Waals surface area contributed by atoms with Gasteiger partial charge < -0.3 is 0 Å². The van der Waals surface area contributed by atoms with Crippen LogP contribution in [0.2, 0.25) is 0 Å². The average Bonchev–Trinajstić information content (AvgIpc) is 1.64. The standard InChI is InChI=1S/C4H4Cl2F2/c1-2(5)3(6)4(7)8/h4H,1H3/b3-2-. The minimum absolute atomic E-state index is 0.0540. The summed E-state index contributed by atoms with van der Waals surface area (Å²) in [6.45, 7) is 1.32. The number of rotatable bonds is 1. The van der Waals surface area contributed by atoms with Gasteiger partial charge in [0.1, 0.15) is 0 Å². The topological polar surface area (TPSA) is 0 Å². The van der Waals surface area contributed by atoms with Gasteiger partial charge in [-0.2, -0.15) is 0 Å². The molecule has 0 aromatic carbocycles. The minimum atomic E-state index is -2.64. The Morgan fingerprint density at radius 1 is 1.38 bits per heavy atom. The number of hydrogen-bond acceptors (Lipinski definition) is 0. The third kappa shape index (κ3) is 2.48. The molecule has 0 spiro atoms. The molecule has 0 atom stereocenters. The molecule has 48 valence electrons. The highest BCUT2D eigenvalue weighted by atomic mass is 35.5. The Morgan fingerprint density at radius 2 is 1.75 bits per heavy atom. The Morgan fingerprint density at radius 3 is 1.75 bits per heavy atom. The Balaban J connectivity index is 4.00. The fraction of sp³-hybridized carbons (Fsp3) is 0.500. The van der Waals surface area contributed by atoms with Crippen LogP contribution in [0.25, 0.3) is 0 Å². The molecule has 0 bridgehead atoms. The van der Waals surface area contributed by atoms with Crippen LogP contribution >= 0.6 is 23.2 Å². The van der Waals surface area contributed by atoms with Gasteiger partial charge >= 0.3 is 0 Å². The summed E-state index contributed by atoms with van der Waals surface area (Å²) in [7, 11) is 0. The third-order valence-corrected chi connectivity index (χ3v) is 1.27. The Kier molecular flexibility index (Phi) is 3.33. The van der Waals surface area contributed by atoms with Crippen molar-refractivity contribution in [3.63, 3.8) is 0 Å². The lowest BCUT2D eigenvalue weighted by molar-refractivity contribution is 0.198. The lowest BCUT2D eigenvalue weighted by atomic mass is 10.5. The number of halogens is 4. The monoisotopic (exact) mass is 160 g/mol. The molecule has 0 aliphatic carbocycles. The molecule has 0 N–H and O–H groups in total. The molecule has 0 aliphatic rings. The van der Waals surface area contributed by atoms with Gasteiger partial charge in [0.2, 0.25) is 0 Å². The molecule has 0 radical (unpaired) electrons. The van der Waals surface area contributed by atoms with E-state index in [9.17, 15) is 8.78 Å². The summed E-state index contributed by atoms with van der Waals surface area (Å²) in [5, 5.41) is -0.631. The third-order valence-electron chi connectivity index (χ3n) is 0.521. The maximum absolute atomic E-state index is 11.4. The highest BCUT2D eigenvalue weighted by molar-refractivity contribution is 6.39. The molecule has 0 nitrogen and oxygen atoms in total. The molecular formula is C4H4Cl2F2. The molecule has 0 saturated carbocycles. The van der Waals surface area contributed by atoms with Crippen LogP contribution in [0.1, 0.15) is 6.92 Å². The predicted molar refractivity (Wildman–Crippen MR) is 30.4 cm³/mol. The molecule has 0 heterocycles. The molecule has 0 rings (SSSR count). The molecule has 0 aliphatic heterocycles. The zero-order valence-electron chi connectivity index (χ0n) is 4.09. The van der Waals surface area contributed by atoms with Gasteiger partial charge in [-0.1, -0.05) is 23.2 Å². The first-order valence-corrected chi connectivity index (χ1v) is 2.61. The maximum Gasteiger partial charge on any atom is 0.275 e. The normalized spacial score (nSPS) is 14.2. The van der Waals surface area contributed by atoms with Crippen molar-refractivity contribution in [3.05, 3.63) is 10.1 Å². The van der Waals surface area contributed by atoms with Gasteiger partial charge in [-0.25, -0.2) is 8.78 Å². The minimum Gasteiger partial charge on any atom is -0.204 e. The second-order valence-corrected chi connectivity index (χ2v) is 2.16. The summed E-state index contributed by atoms with van der Waals surface area (Å²) < 4.78 is 22.8. The van der Waals surface area contributed by atoms with E-state index in [0.717, 1.165) is 0 Å². The van der Waals surface area contributed by atoms with Gasteiger partial charge in [0, 0.05) is 5.03 Å². The SMILES string of the molecule is C/C(Cl)=C(/Cl)C(F)F. The van der Waals surface area contributed by atoms with Crippen molar-refractivity contribution in [2.45, 2.75) is 13.3 Å². The van der Waals surface area contributed by atoms with E-state index >= 15 is 0 Å². The van der Waals surface area contributed by atoms with E-state index in [1.54, 1.807) is 0 Å². The lowest BCUT2D eigenvalue weighted by Gasteiger charge is -1.94. The fourth-order valence-electron chi connectivity index (χ4n) is 0.150. The van der Waals surface area contributed by atoms with Gasteiger partial charge in [-0.05, 0) is 6.92 Å². The first kappa shape index (κ1) is 8.18. The van der Waals surface area contributed by atoms with Crippen molar-refractivity contribution in [2.24, 2.45) is 0 Å². The molecule has 0 amide bonds. The number of hydrogen-bond donors (Lipinski definition) is 0. The largest absolute Gasteiger partial charge is 0.275 e. The van der Waals surface area contributed by atoms with Crippen molar-refractivity contribution >= 4 is 23.2 Å². The summed E-state index contributed by atoms with van der Waals surface area (Å²) in [6.07, 6.45) is -2.64. The van der Waals surface area contributed by atoms with Gasteiger partial charge in [-0.3, -0.25) is 0 Å². The Labute approximate surface area is 56.1 Å². The van der Waals surface area contributed by atoms with Crippen molar-refractivity contribution in [1.82, 2.24) is 0 Å². The van der Waals surface area contributed by atoms with E-state index in [1.165, 1.54) is 6.92 Å². The fourth-order valence-corrected chi connectivity index (χ4v) is 0.233. The van der Waals surface area contributed by atoms with Crippen LogP contribution in [0.5, 0.6) is 0 Å². The predicted octanol–water partition coefficient (Wildman–Crippen LogP) is 2.96. The van der Waals surface area contributed by atoms with Crippen molar-refractivity contribution in [1.29, 1.82) is 0 Å². The molecular weight excluding hydrogens is 157 g/mol. The van der Waals surface area contributed by atoms with E-state index in [2.05, 4.69) is 0 Å². The van der Waals surface area contributed by atoms with E-state index in [4.69, 9.17) is 23.2 Å². The smallest absolute Gasteiger partial charge is 0.204 e. The maximum atomic E-state index is 11.4. The molecule has 0 aromatic heterocycles. The van der Waals surface area contributed by atoms with E-state index < -0.39 is 11.5 Å². The first-order valence-electron chi connectivity index (χ1n) is 1.85. The highest BCUT2D eigenvalue weighted by Crippen LogP contribution is 2.19. The molecule has 0 fully saturated rings. The Hall–Kier alpha value is 0.180. The van der Waals surface area contributed by atoms with Crippen molar-refractivity contribution < 1.29 is 8.78 Å².